The molecular weight excluding hydrogens is 645 g/mol. The first-order valence-corrected chi connectivity index (χ1v) is 17.3. The molecule has 8 N–H and O–H groups in total. The van der Waals surface area contributed by atoms with Gasteiger partial charge in [0.1, 0.15) is 29.4 Å². The Balaban J connectivity index is 1.22. The monoisotopic (exact) mass is 688 g/mol. The number of benzene rings is 1. The lowest BCUT2D eigenvalue weighted by molar-refractivity contribution is -0.214. The van der Waals surface area contributed by atoms with Gasteiger partial charge >= 0.3 is 0 Å². The van der Waals surface area contributed by atoms with Gasteiger partial charge in [0.05, 0.1) is 11.6 Å². The second kappa shape index (κ2) is 14.0. The summed E-state index contributed by atoms with van der Waals surface area (Å²) >= 11 is 1.19. The van der Waals surface area contributed by atoms with E-state index in [-0.39, 0.29) is 46.5 Å². The third-order valence-corrected chi connectivity index (χ3v) is 10.2. The van der Waals surface area contributed by atoms with Crippen molar-refractivity contribution in [3.8, 4) is 5.75 Å². The van der Waals surface area contributed by atoms with Crippen molar-refractivity contribution in [3.63, 3.8) is 0 Å². The minimum atomic E-state index is -0.929. The maximum Gasteiger partial charge on any atom is 0.276 e. The van der Waals surface area contributed by atoms with E-state index in [0.29, 0.717) is 18.2 Å². The molecule has 3 atom stereocenters. The highest BCUT2D eigenvalue weighted by molar-refractivity contribution is 7.88. The third-order valence-electron chi connectivity index (χ3n) is 9.28. The van der Waals surface area contributed by atoms with Crippen LogP contribution in [-0.2, 0) is 25.1 Å². The molecule has 2 aromatic rings. The third kappa shape index (κ3) is 7.67. The quantitative estimate of drug-likeness (QED) is 0.0759. The number of rotatable bonds is 11. The summed E-state index contributed by atoms with van der Waals surface area (Å²) in [5.41, 5.74) is 19.5. The molecule has 1 aliphatic carbocycles. The average molecular weight is 689 g/mol. The molecule has 256 valence electrons. The lowest BCUT2D eigenvalue weighted by Gasteiger charge is -2.50. The normalized spacial score (nSPS) is 25.3. The van der Waals surface area contributed by atoms with Crippen LogP contribution in [0.1, 0.15) is 83.5 Å². The number of amidine groups is 1. The van der Waals surface area contributed by atoms with Crippen molar-refractivity contribution in [1.29, 1.82) is 0 Å². The van der Waals surface area contributed by atoms with Crippen LogP contribution in [0, 0.1) is 5.92 Å². The van der Waals surface area contributed by atoms with Gasteiger partial charge in [0, 0.05) is 16.5 Å². The number of fused-ring (bicyclic) bond motifs is 1. The lowest BCUT2D eigenvalue weighted by Crippen LogP contribution is -2.76. The first-order valence-electron chi connectivity index (χ1n) is 15.7. The van der Waals surface area contributed by atoms with E-state index in [4.69, 9.17) is 40.6 Å². The smallest absolute Gasteiger partial charge is 0.276 e. The van der Waals surface area contributed by atoms with Crippen molar-refractivity contribution in [2.45, 2.75) is 109 Å². The summed E-state index contributed by atoms with van der Waals surface area (Å²) in [6, 6.07) is 5.13. The number of β-lactam (4-membered cyclic amide) rings is 1. The van der Waals surface area contributed by atoms with Crippen molar-refractivity contribution in [3.05, 3.63) is 40.4 Å². The van der Waals surface area contributed by atoms with E-state index in [1.807, 2.05) is 25.1 Å². The van der Waals surface area contributed by atoms with E-state index in [1.165, 1.54) is 0 Å². The molecular formula is C31H44N8O6S2. The number of aryl methyl sites for hydroxylation is 1. The fourth-order valence-electron chi connectivity index (χ4n) is 6.28. The highest BCUT2D eigenvalue weighted by atomic mass is 32.2. The van der Waals surface area contributed by atoms with Crippen molar-refractivity contribution >= 4 is 52.2 Å². The molecule has 14 nitrogen and oxygen atoms in total. The molecule has 0 radical (unpaired) electrons. The van der Waals surface area contributed by atoms with Gasteiger partial charge in [-0.05, 0) is 103 Å². The molecule has 16 heteroatoms. The Morgan fingerprint density at radius 3 is 2.62 bits per heavy atom. The minimum absolute atomic E-state index is 0.0479. The standard InChI is InChI=1S/C31H44N8O6S2/c1-16(44-38-24(21-15-46-29(33)36-21)27(40)37-25-28(41)39(45-47-42)31(25,4)5)22-12-6-17-14-18(7-13-23(17)43-22)26(32)35-20-10-8-19(9-11-20)30(2,3)34/h7,13-16,19-20,22,25,42H,6,8-12,34H2,1-5H3,(H2,32,35)(H2,33,36)(H,37,40)/b38-24-. The van der Waals surface area contributed by atoms with Crippen LogP contribution in [0.5, 0.6) is 5.75 Å². The van der Waals surface area contributed by atoms with Gasteiger partial charge in [-0.1, -0.05) is 5.16 Å². The van der Waals surface area contributed by atoms with Crippen molar-refractivity contribution in [2.75, 3.05) is 5.73 Å². The first-order chi connectivity index (χ1) is 22.2. The van der Waals surface area contributed by atoms with Crippen LogP contribution >= 0.6 is 23.7 Å². The molecule has 3 unspecified atom stereocenters. The van der Waals surface area contributed by atoms with Gasteiger partial charge in [-0.3, -0.25) is 14.6 Å². The number of amides is 2. The number of hydroxylamine groups is 2. The van der Waals surface area contributed by atoms with Gasteiger partial charge in [-0.2, -0.15) is 9.35 Å². The van der Waals surface area contributed by atoms with Crippen molar-refractivity contribution < 1.29 is 28.0 Å². The number of aliphatic imine (C=N–C) groups is 1. The van der Waals surface area contributed by atoms with E-state index >= 15 is 0 Å². The molecule has 47 heavy (non-hydrogen) atoms. The van der Waals surface area contributed by atoms with E-state index < -0.39 is 29.5 Å². The molecule has 1 aromatic carbocycles. The summed E-state index contributed by atoms with van der Waals surface area (Å²) in [4.78, 5) is 40.7. The molecule has 2 fully saturated rings. The molecule has 1 saturated carbocycles. The minimum Gasteiger partial charge on any atom is -0.486 e. The molecule has 3 aliphatic rings. The molecule has 1 saturated heterocycles. The number of hydrogen-bond acceptors (Lipinski definition) is 13. The van der Waals surface area contributed by atoms with Gasteiger partial charge in [0.15, 0.2) is 29.3 Å². The highest BCUT2D eigenvalue weighted by Crippen LogP contribution is 2.35. The number of anilines is 1. The molecule has 5 rings (SSSR count). The van der Waals surface area contributed by atoms with Gasteiger partial charge in [-0.25, -0.2) is 4.98 Å². The Labute approximate surface area is 282 Å². The maximum atomic E-state index is 13.4. The number of thiazole rings is 1. The molecule has 2 aliphatic heterocycles. The summed E-state index contributed by atoms with van der Waals surface area (Å²) in [5.74, 6) is 0.556. The Kier molecular flexibility index (Phi) is 10.4. The maximum absolute atomic E-state index is 13.4. The number of carbonyl (C=O) groups excluding carboxylic acids is 2. The average Bonchev–Trinajstić information content (AvgIpc) is 3.47. The number of oxime groups is 1. The van der Waals surface area contributed by atoms with Gasteiger partial charge in [-0.15, -0.1) is 11.3 Å². The number of nitrogens with two attached hydrogens (primary N) is 3. The fourth-order valence-corrected chi connectivity index (χ4v) is 7.16. The summed E-state index contributed by atoms with van der Waals surface area (Å²) in [7, 11) is 0. The number of ether oxygens (including phenoxy) is 1. The number of carbonyl (C=O) groups is 2. The zero-order chi connectivity index (χ0) is 34.1. The van der Waals surface area contributed by atoms with E-state index in [1.54, 1.807) is 19.2 Å². The van der Waals surface area contributed by atoms with Gasteiger partial charge in [0.25, 0.3) is 11.8 Å². The summed E-state index contributed by atoms with van der Waals surface area (Å²) < 4.78 is 20.2. The van der Waals surface area contributed by atoms with Crippen molar-refractivity contribution in [2.24, 2.45) is 27.5 Å². The predicted molar refractivity (Wildman–Crippen MR) is 182 cm³/mol. The van der Waals surface area contributed by atoms with Crippen LogP contribution in [0.15, 0.2) is 33.7 Å². The molecule has 0 spiro atoms. The van der Waals surface area contributed by atoms with Crippen molar-refractivity contribution in [1.82, 2.24) is 15.4 Å². The molecule has 2 amide bonds. The number of nitrogens with zero attached hydrogens (tertiary/aromatic N) is 4. The second-order valence-corrected chi connectivity index (χ2v) is 14.7. The SMILES string of the molecule is CC(O/N=C(\C(=O)NC1C(=O)N(OSO)C1(C)C)c1csc(N)n1)C1CCc2cc(C(N)=NC3CCC(C(C)(C)N)CC3)ccc2O1. The molecule has 1 aromatic heterocycles. The zero-order valence-corrected chi connectivity index (χ0v) is 28.9. The Hall–Kier alpha value is -3.44. The number of hydrogen-bond donors (Lipinski definition) is 5. The van der Waals surface area contributed by atoms with E-state index in [9.17, 15) is 9.59 Å². The summed E-state index contributed by atoms with van der Waals surface area (Å²) in [5, 5.41) is 9.64. The first kappa shape index (κ1) is 34.9. The van der Waals surface area contributed by atoms with Gasteiger partial charge < -0.3 is 36.6 Å². The predicted octanol–water partition coefficient (Wildman–Crippen LogP) is 3.39. The topological polar surface area (TPSA) is 213 Å². The van der Waals surface area contributed by atoms with Crippen LogP contribution in [0.25, 0.3) is 0 Å². The Morgan fingerprint density at radius 2 is 2.00 bits per heavy atom. The highest BCUT2D eigenvalue weighted by Gasteiger charge is 2.57. The van der Waals surface area contributed by atoms with Crippen LogP contribution < -0.4 is 27.3 Å². The number of nitrogens with one attached hydrogen (secondary N) is 1. The largest absolute Gasteiger partial charge is 0.486 e. The molecule has 0 bridgehead atoms. The van der Waals surface area contributed by atoms with Crippen LogP contribution in [-0.4, -0.2) is 73.3 Å². The summed E-state index contributed by atoms with van der Waals surface area (Å²) in [6.45, 7) is 9.36. The second-order valence-electron chi connectivity index (χ2n) is 13.5. The molecule has 3 heterocycles. The van der Waals surface area contributed by atoms with Crippen LogP contribution in [0.3, 0.4) is 0 Å². The Morgan fingerprint density at radius 1 is 1.28 bits per heavy atom. The van der Waals surface area contributed by atoms with Crippen LogP contribution in [0.4, 0.5) is 5.13 Å². The Bertz CT molecular complexity index is 1530. The zero-order valence-electron chi connectivity index (χ0n) is 27.3. The number of nitrogen functional groups attached to an aromatic ring is 1. The van der Waals surface area contributed by atoms with E-state index in [0.717, 1.165) is 65.4 Å². The summed E-state index contributed by atoms with van der Waals surface area (Å²) in [6.07, 6.45) is 4.57. The fraction of sp³-hybridized carbons (Fsp3) is 0.581. The van der Waals surface area contributed by atoms with Gasteiger partial charge in [0.2, 0.25) is 0 Å². The van der Waals surface area contributed by atoms with E-state index in [2.05, 4.69) is 29.3 Å². The number of aromatic nitrogens is 1. The lowest BCUT2D eigenvalue weighted by atomic mass is 9.76. The van der Waals surface area contributed by atoms with Crippen LogP contribution in [0.2, 0.25) is 0 Å².